The molecule has 14 nitrogen and oxygen atoms in total. The molecule has 0 aromatic carbocycles. The Hall–Kier alpha value is -2.36. The minimum atomic E-state index is -1.08. The minimum Gasteiger partial charge on any atom is -0.480 e. The normalized spacial score (nSPS) is 22.8. The van der Waals surface area contributed by atoms with Gasteiger partial charge in [-0.1, -0.05) is 0 Å². The van der Waals surface area contributed by atoms with Gasteiger partial charge in [-0.2, -0.15) is 0 Å². The van der Waals surface area contributed by atoms with Crippen molar-refractivity contribution in [3.05, 3.63) is 0 Å². The number of morpholine rings is 1. The first-order chi connectivity index (χ1) is 16.7. The van der Waals surface area contributed by atoms with Crippen molar-refractivity contribution in [1.82, 2.24) is 24.5 Å². The van der Waals surface area contributed by atoms with Gasteiger partial charge in [-0.25, -0.2) is 0 Å². The third-order valence-electron chi connectivity index (χ3n) is 6.14. The van der Waals surface area contributed by atoms with Crippen LogP contribution in [0.5, 0.6) is 0 Å². The maximum Gasteiger partial charge on any atom is 0.317 e. The number of aliphatic hydroxyl groups excluding tert-OH is 1. The van der Waals surface area contributed by atoms with Crippen LogP contribution in [0.1, 0.15) is 0 Å². The van der Waals surface area contributed by atoms with Gasteiger partial charge in [0, 0.05) is 64.9 Å². The van der Waals surface area contributed by atoms with Crippen LogP contribution in [-0.4, -0.2) is 180 Å². The lowest BCUT2D eigenvalue weighted by atomic mass is 10.2. The smallest absolute Gasteiger partial charge is 0.317 e. The first-order valence-electron chi connectivity index (χ1n) is 11.7. The summed E-state index contributed by atoms with van der Waals surface area (Å²) in [5, 5.41) is 38.0. The Morgan fingerprint density at radius 1 is 0.657 bits per heavy atom. The molecule has 2 aliphatic heterocycles. The summed E-state index contributed by atoms with van der Waals surface area (Å²) in [5.41, 5.74) is 0. The standard InChI is InChI=1S/C21H37N5O9/c27-16-17-11-24(14-20(31)32)4-3-23(13-19(29)30)2-1-22(5-6-26(17)15-21(33)34)12-18(28)25-7-9-35-10-8-25/h17,27H,1-16H2,(H,29,30)(H,31,32)(H,33,34). The fourth-order valence-corrected chi connectivity index (χ4v) is 4.25. The fraction of sp³-hybridized carbons (Fsp3) is 0.810. The van der Waals surface area contributed by atoms with Gasteiger partial charge in [0.05, 0.1) is 46.0 Å². The van der Waals surface area contributed by atoms with Gasteiger partial charge in [0.2, 0.25) is 5.91 Å². The lowest BCUT2D eigenvalue weighted by Crippen LogP contribution is -2.54. The van der Waals surface area contributed by atoms with Crippen LogP contribution >= 0.6 is 0 Å². The summed E-state index contributed by atoms with van der Waals surface area (Å²) in [6, 6.07) is -0.644. The highest BCUT2D eigenvalue weighted by atomic mass is 16.5. The highest BCUT2D eigenvalue weighted by Gasteiger charge is 2.27. The zero-order valence-electron chi connectivity index (χ0n) is 20.0. The van der Waals surface area contributed by atoms with E-state index in [0.29, 0.717) is 45.9 Å². The average molecular weight is 504 g/mol. The third kappa shape index (κ3) is 10.8. The maximum atomic E-state index is 12.8. The number of ether oxygens (including phenoxy) is 1. The van der Waals surface area contributed by atoms with Gasteiger partial charge in [-0.3, -0.25) is 38.8 Å². The van der Waals surface area contributed by atoms with Gasteiger partial charge < -0.3 is 30.1 Å². The van der Waals surface area contributed by atoms with Crippen LogP contribution in [0.4, 0.5) is 0 Å². The van der Waals surface area contributed by atoms with Crippen molar-refractivity contribution in [2.24, 2.45) is 0 Å². The molecule has 35 heavy (non-hydrogen) atoms. The van der Waals surface area contributed by atoms with Crippen LogP contribution < -0.4 is 0 Å². The minimum absolute atomic E-state index is 0.0821. The zero-order chi connectivity index (χ0) is 25.8. The number of rotatable bonds is 9. The van der Waals surface area contributed by atoms with E-state index in [1.165, 1.54) is 0 Å². The lowest BCUT2D eigenvalue weighted by Gasteiger charge is -2.37. The monoisotopic (exact) mass is 503 g/mol. The number of amides is 1. The van der Waals surface area contributed by atoms with Crippen molar-refractivity contribution < 1.29 is 44.3 Å². The quantitative estimate of drug-likeness (QED) is 0.246. The molecule has 4 N–H and O–H groups in total. The Kier molecular flexibility index (Phi) is 12.3. The van der Waals surface area contributed by atoms with Crippen LogP contribution in [0.25, 0.3) is 0 Å². The van der Waals surface area contributed by atoms with Crippen LogP contribution in [0, 0.1) is 0 Å². The second kappa shape index (κ2) is 14.9. The number of carbonyl (C=O) groups is 4. The van der Waals surface area contributed by atoms with Gasteiger partial charge in [0.1, 0.15) is 0 Å². The molecule has 2 fully saturated rings. The van der Waals surface area contributed by atoms with E-state index >= 15 is 0 Å². The molecule has 2 saturated heterocycles. The SMILES string of the molecule is O=C(O)CN1CCN(CC(=O)N2CCOCC2)CCN(CC(=O)O)C(CO)CN(CC(=O)O)CC1. The number of carbonyl (C=O) groups excluding carboxylic acids is 1. The molecule has 0 aromatic rings. The maximum absolute atomic E-state index is 12.8. The van der Waals surface area contributed by atoms with Crippen molar-refractivity contribution >= 4 is 23.8 Å². The molecule has 2 rings (SSSR count). The predicted octanol–water partition coefficient (Wildman–Crippen LogP) is -3.32. The number of aliphatic carboxylic acids is 3. The van der Waals surface area contributed by atoms with Crippen molar-refractivity contribution in [2.75, 3.05) is 105 Å². The highest BCUT2D eigenvalue weighted by molar-refractivity contribution is 5.78. The van der Waals surface area contributed by atoms with Crippen LogP contribution in [0.3, 0.4) is 0 Å². The zero-order valence-corrected chi connectivity index (χ0v) is 20.0. The number of carboxylic acid groups (broad SMARTS) is 3. The largest absolute Gasteiger partial charge is 0.480 e. The first kappa shape index (κ1) is 28.9. The summed E-state index contributed by atoms with van der Waals surface area (Å²) in [6.07, 6.45) is 0. The van der Waals surface area contributed by atoms with Gasteiger partial charge in [0.25, 0.3) is 0 Å². The molecule has 200 valence electrons. The number of aliphatic hydroxyl groups is 1. The molecule has 0 bridgehead atoms. The second-order valence-corrected chi connectivity index (χ2v) is 8.77. The predicted molar refractivity (Wildman–Crippen MR) is 122 cm³/mol. The number of carboxylic acids is 3. The summed E-state index contributed by atoms with van der Waals surface area (Å²) >= 11 is 0. The average Bonchev–Trinajstić information content (AvgIpc) is 2.80. The number of hydrogen-bond donors (Lipinski definition) is 4. The summed E-state index contributed by atoms with van der Waals surface area (Å²) in [5.74, 6) is -3.25. The molecule has 0 spiro atoms. The number of nitrogens with zero attached hydrogens (tertiary/aromatic N) is 5. The van der Waals surface area contributed by atoms with Gasteiger partial charge in [0.15, 0.2) is 0 Å². The summed E-state index contributed by atoms with van der Waals surface area (Å²) < 4.78 is 5.29. The first-order valence-corrected chi connectivity index (χ1v) is 11.7. The molecule has 0 saturated carbocycles. The van der Waals surface area contributed by atoms with E-state index in [0.717, 1.165) is 0 Å². The Bertz CT molecular complexity index is 719. The van der Waals surface area contributed by atoms with Crippen molar-refractivity contribution in [1.29, 1.82) is 0 Å². The fourth-order valence-electron chi connectivity index (χ4n) is 4.25. The molecule has 0 aromatic heterocycles. The Morgan fingerprint density at radius 2 is 1.14 bits per heavy atom. The van der Waals surface area contributed by atoms with Gasteiger partial charge in [-0.05, 0) is 0 Å². The van der Waals surface area contributed by atoms with Crippen molar-refractivity contribution in [2.45, 2.75) is 6.04 Å². The molecule has 14 heteroatoms. The summed E-state index contributed by atoms with van der Waals surface area (Å²) in [6.45, 7) is 2.59. The highest BCUT2D eigenvalue weighted by Crippen LogP contribution is 2.08. The molecule has 2 aliphatic rings. The van der Waals surface area contributed by atoms with E-state index in [2.05, 4.69) is 0 Å². The second-order valence-electron chi connectivity index (χ2n) is 8.77. The number of hydrogen-bond acceptors (Lipinski definition) is 10. The third-order valence-corrected chi connectivity index (χ3v) is 6.14. The van der Waals surface area contributed by atoms with Crippen LogP contribution in [0.2, 0.25) is 0 Å². The molecule has 1 amide bonds. The molecule has 0 radical (unpaired) electrons. The van der Waals surface area contributed by atoms with E-state index in [1.54, 1.807) is 19.6 Å². The van der Waals surface area contributed by atoms with Crippen molar-refractivity contribution in [3.63, 3.8) is 0 Å². The van der Waals surface area contributed by atoms with Crippen LogP contribution in [-0.2, 0) is 23.9 Å². The molecular weight excluding hydrogens is 466 g/mol. The summed E-state index contributed by atoms with van der Waals surface area (Å²) in [7, 11) is 0. The molecule has 1 unspecified atom stereocenters. The lowest BCUT2D eigenvalue weighted by molar-refractivity contribution is -0.142. The van der Waals surface area contributed by atoms with E-state index in [1.807, 2.05) is 4.90 Å². The molecular formula is C21H37N5O9. The Labute approximate surface area is 204 Å². The molecule has 1 atom stereocenters. The topological polar surface area (TPSA) is 175 Å². The van der Waals surface area contributed by atoms with E-state index in [-0.39, 0.29) is 64.9 Å². The van der Waals surface area contributed by atoms with Gasteiger partial charge in [-0.15, -0.1) is 0 Å². The molecule has 0 aliphatic carbocycles. The van der Waals surface area contributed by atoms with E-state index < -0.39 is 23.9 Å². The summed E-state index contributed by atoms with van der Waals surface area (Å²) in [4.78, 5) is 55.5. The Balaban J connectivity index is 2.21. The molecule has 2 heterocycles. The van der Waals surface area contributed by atoms with E-state index in [4.69, 9.17) is 4.74 Å². The van der Waals surface area contributed by atoms with Crippen molar-refractivity contribution in [3.8, 4) is 0 Å². The Morgan fingerprint density at radius 3 is 1.69 bits per heavy atom. The van der Waals surface area contributed by atoms with Crippen LogP contribution in [0.15, 0.2) is 0 Å². The van der Waals surface area contributed by atoms with Gasteiger partial charge >= 0.3 is 17.9 Å². The van der Waals surface area contributed by atoms with E-state index in [9.17, 15) is 39.6 Å².